The van der Waals surface area contributed by atoms with Gasteiger partial charge in [0, 0.05) is 11.8 Å². The van der Waals surface area contributed by atoms with E-state index in [9.17, 15) is 22.8 Å². The maximum atomic E-state index is 12.1. The summed E-state index contributed by atoms with van der Waals surface area (Å²) in [4.78, 5) is 24.2. The minimum Gasteiger partial charge on any atom is -0.406 e. The fourth-order valence-electron chi connectivity index (χ4n) is 2.52. The van der Waals surface area contributed by atoms with Crippen LogP contribution in [0.3, 0.4) is 0 Å². The minimum absolute atomic E-state index is 0.272. The topological polar surface area (TPSA) is 76.1 Å². The third-order valence-corrected chi connectivity index (χ3v) is 3.83. The minimum atomic E-state index is -4.78. The van der Waals surface area contributed by atoms with Gasteiger partial charge in [-0.05, 0) is 36.8 Å². The molecule has 0 unspecified atom stereocenters. The van der Waals surface area contributed by atoms with Crippen LogP contribution in [-0.4, -0.2) is 22.1 Å². The number of ether oxygens (including phenoxy) is 1. The number of nitrogens with zero attached hydrogens (tertiary/aromatic N) is 1. The Morgan fingerprint density at radius 1 is 1.11 bits per heavy atom. The largest absolute Gasteiger partial charge is 0.573 e. The van der Waals surface area contributed by atoms with Crippen LogP contribution in [0.1, 0.15) is 5.56 Å². The second-order valence-corrected chi connectivity index (χ2v) is 6.08. The number of carbonyl (C=O) groups excluding carboxylic acids is 1. The van der Waals surface area contributed by atoms with Crippen molar-refractivity contribution in [2.45, 2.75) is 19.8 Å². The second kappa shape index (κ2) is 7.63. The van der Waals surface area contributed by atoms with Crippen LogP contribution >= 0.6 is 0 Å². The molecule has 0 bridgehead atoms. The molecule has 3 aromatic rings. The molecule has 1 amide bonds. The van der Waals surface area contributed by atoms with Gasteiger partial charge in [0.05, 0.1) is 5.69 Å². The number of hydrogen-bond donors (Lipinski definition) is 2. The van der Waals surface area contributed by atoms with Gasteiger partial charge in [-0.15, -0.1) is 13.2 Å². The normalized spacial score (nSPS) is 11.3. The van der Waals surface area contributed by atoms with Gasteiger partial charge in [-0.1, -0.05) is 29.8 Å². The van der Waals surface area contributed by atoms with Gasteiger partial charge in [-0.3, -0.25) is 14.7 Å². The molecule has 146 valence electrons. The molecule has 0 spiro atoms. The molecule has 6 nitrogen and oxygen atoms in total. The summed E-state index contributed by atoms with van der Waals surface area (Å²) >= 11 is 0. The fraction of sp³-hybridized carbons (Fsp3) is 0.158. The second-order valence-electron chi connectivity index (χ2n) is 6.08. The van der Waals surface area contributed by atoms with Gasteiger partial charge < -0.3 is 10.1 Å². The Balaban J connectivity index is 1.65. The number of rotatable bonds is 5. The van der Waals surface area contributed by atoms with Crippen molar-refractivity contribution < 1.29 is 22.7 Å². The summed E-state index contributed by atoms with van der Waals surface area (Å²) in [5.74, 6) is -0.905. The monoisotopic (exact) mass is 391 g/mol. The first kappa shape index (κ1) is 19.3. The highest BCUT2D eigenvalue weighted by atomic mass is 19.4. The summed E-state index contributed by atoms with van der Waals surface area (Å²) in [5, 5.41) is 5.38. The first-order chi connectivity index (χ1) is 13.2. The van der Waals surface area contributed by atoms with Crippen LogP contribution in [-0.2, 0) is 11.3 Å². The van der Waals surface area contributed by atoms with E-state index in [4.69, 9.17) is 0 Å². The molecular weight excluding hydrogens is 375 g/mol. The standard InChI is InChI=1S/C19H16F3N3O3/c1-12-2-4-13(5-3-12)16-10-18(27)25(24-16)11-17(26)23-14-6-8-15(9-7-14)28-19(20,21)22/h2-10,24H,11H2,1H3,(H,23,26). The lowest BCUT2D eigenvalue weighted by Crippen LogP contribution is -2.25. The van der Waals surface area contributed by atoms with Crippen molar-refractivity contribution in [3.05, 3.63) is 70.5 Å². The number of amides is 1. The predicted molar refractivity (Wildman–Crippen MR) is 97.0 cm³/mol. The smallest absolute Gasteiger partial charge is 0.406 e. The highest BCUT2D eigenvalue weighted by molar-refractivity contribution is 5.90. The van der Waals surface area contributed by atoms with E-state index in [1.54, 1.807) is 0 Å². The van der Waals surface area contributed by atoms with Crippen LogP contribution in [0.2, 0.25) is 0 Å². The van der Waals surface area contributed by atoms with E-state index in [2.05, 4.69) is 15.2 Å². The van der Waals surface area contributed by atoms with E-state index in [0.717, 1.165) is 27.9 Å². The molecular formula is C19H16F3N3O3. The summed E-state index contributed by atoms with van der Waals surface area (Å²) in [7, 11) is 0. The number of benzene rings is 2. The summed E-state index contributed by atoms with van der Waals surface area (Å²) in [6.45, 7) is 1.68. The van der Waals surface area contributed by atoms with E-state index in [1.807, 2.05) is 31.2 Å². The molecule has 0 aliphatic rings. The van der Waals surface area contributed by atoms with Crippen molar-refractivity contribution in [1.82, 2.24) is 9.78 Å². The summed E-state index contributed by atoms with van der Waals surface area (Å²) < 4.78 is 41.4. The quantitative estimate of drug-likeness (QED) is 0.697. The molecule has 0 aliphatic heterocycles. The van der Waals surface area contributed by atoms with Crippen molar-refractivity contribution in [2.24, 2.45) is 0 Å². The summed E-state index contributed by atoms with van der Waals surface area (Å²) in [6, 6.07) is 13.6. The van der Waals surface area contributed by atoms with Gasteiger partial charge in [0.2, 0.25) is 5.91 Å². The Bertz CT molecular complexity index is 1020. The molecule has 1 aromatic heterocycles. The molecule has 0 aliphatic carbocycles. The lowest BCUT2D eigenvalue weighted by molar-refractivity contribution is -0.274. The number of aromatic amines is 1. The first-order valence-corrected chi connectivity index (χ1v) is 8.22. The zero-order valence-corrected chi connectivity index (χ0v) is 14.7. The molecule has 0 saturated carbocycles. The number of alkyl halides is 3. The van der Waals surface area contributed by atoms with Crippen molar-refractivity contribution in [2.75, 3.05) is 5.32 Å². The van der Waals surface area contributed by atoms with Crippen LogP contribution in [0.25, 0.3) is 11.3 Å². The lowest BCUT2D eigenvalue weighted by Gasteiger charge is -2.10. The Morgan fingerprint density at radius 3 is 2.36 bits per heavy atom. The molecule has 0 saturated heterocycles. The molecule has 28 heavy (non-hydrogen) atoms. The van der Waals surface area contributed by atoms with E-state index in [1.165, 1.54) is 18.2 Å². The van der Waals surface area contributed by atoms with E-state index in [0.29, 0.717) is 5.69 Å². The van der Waals surface area contributed by atoms with Crippen LogP contribution in [0.5, 0.6) is 5.75 Å². The van der Waals surface area contributed by atoms with Gasteiger partial charge in [0.15, 0.2) is 0 Å². The van der Waals surface area contributed by atoms with Crippen molar-refractivity contribution in [3.8, 4) is 17.0 Å². The van der Waals surface area contributed by atoms with E-state index >= 15 is 0 Å². The maximum absolute atomic E-state index is 12.1. The number of nitrogens with one attached hydrogen (secondary N) is 2. The number of H-pyrrole nitrogens is 1. The zero-order valence-electron chi connectivity index (χ0n) is 14.7. The average molecular weight is 391 g/mol. The molecule has 0 radical (unpaired) electrons. The number of hydrogen-bond acceptors (Lipinski definition) is 3. The maximum Gasteiger partial charge on any atom is 0.573 e. The predicted octanol–water partition coefficient (Wildman–Crippen LogP) is 3.69. The fourth-order valence-corrected chi connectivity index (χ4v) is 2.52. The van der Waals surface area contributed by atoms with Gasteiger partial charge in [0.25, 0.3) is 5.56 Å². The van der Waals surface area contributed by atoms with Gasteiger partial charge in [-0.2, -0.15) is 0 Å². The van der Waals surface area contributed by atoms with Crippen LogP contribution in [0.4, 0.5) is 18.9 Å². The summed E-state index contributed by atoms with van der Waals surface area (Å²) in [6.07, 6.45) is -4.78. The Morgan fingerprint density at radius 2 is 1.75 bits per heavy atom. The molecule has 0 atom stereocenters. The third-order valence-electron chi connectivity index (χ3n) is 3.83. The molecule has 3 rings (SSSR count). The molecule has 2 N–H and O–H groups in total. The number of aryl methyl sites for hydroxylation is 1. The number of carbonyl (C=O) groups is 1. The highest BCUT2D eigenvalue weighted by Crippen LogP contribution is 2.24. The Labute approximate surface area is 157 Å². The van der Waals surface area contributed by atoms with Crippen LogP contribution in [0, 0.1) is 6.92 Å². The van der Waals surface area contributed by atoms with E-state index in [-0.39, 0.29) is 17.8 Å². The number of anilines is 1. The van der Waals surface area contributed by atoms with Crippen molar-refractivity contribution >= 4 is 11.6 Å². The zero-order chi connectivity index (χ0) is 20.3. The van der Waals surface area contributed by atoms with Crippen LogP contribution < -0.4 is 15.6 Å². The molecule has 0 fully saturated rings. The molecule has 9 heteroatoms. The molecule has 1 heterocycles. The third kappa shape index (κ3) is 5.03. The average Bonchev–Trinajstić information content (AvgIpc) is 2.96. The Kier molecular flexibility index (Phi) is 5.25. The SMILES string of the molecule is Cc1ccc(-c2cc(=O)n(CC(=O)Nc3ccc(OC(F)(F)F)cc3)[nH]2)cc1. The van der Waals surface area contributed by atoms with E-state index < -0.39 is 18.0 Å². The lowest BCUT2D eigenvalue weighted by atomic mass is 10.1. The number of halogens is 3. The first-order valence-electron chi connectivity index (χ1n) is 8.22. The Hall–Kier alpha value is -3.49. The van der Waals surface area contributed by atoms with Gasteiger partial charge in [0.1, 0.15) is 12.3 Å². The summed E-state index contributed by atoms with van der Waals surface area (Å²) in [5.41, 5.74) is 2.36. The molecule has 2 aromatic carbocycles. The van der Waals surface area contributed by atoms with Gasteiger partial charge in [-0.25, -0.2) is 4.68 Å². The van der Waals surface area contributed by atoms with Crippen LogP contribution in [0.15, 0.2) is 59.4 Å². The van der Waals surface area contributed by atoms with Gasteiger partial charge >= 0.3 is 6.36 Å². The van der Waals surface area contributed by atoms with Crippen molar-refractivity contribution in [3.63, 3.8) is 0 Å². The van der Waals surface area contributed by atoms with Crippen molar-refractivity contribution in [1.29, 1.82) is 0 Å². The number of aromatic nitrogens is 2. The highest BCUT2D eigenvalue weighted by Gasteiger charge is 2.30.